The zero-order valence-corrected chi connectivity index (χ0v) is 17.0. The first-order valence-electron chi connectivity index (χ1n) is 8.32. The first kappa shape index (κ1) is 20.7. The zero-order chi connectivity index (χ0) is 18.2. The summed E-state index contributed by atoms with van der Waals surface area (Å²) in [5.41, 5.74) is 8.57. The molecule has 0 saturated carbocycles. The van der Waals surface area contributed by atoms with Gasteiger partial charge >= 0.3 is 0 Å². The Morgan fingerprint density at radius 3 is 2.30 bits per heavy atom. The minimum absolute atomic E-state index is 0. The normalized spacial score (nSPS) is 10.8. The van der Waals surface area contributed by atoms with Gasteiger partial charge in [-0.25, -0.2) is 4.99 Å². The molecule has 0 spiro atoms. The van der Waals surface area contributed by atoms with Crippen LogP contribution in [0.2, 0.25) is 0 Å². The van der Waals surface area contributed by atoms with Crippen LogP contribution in [0.4, 0.5) is 5.69 Å². The van der Waals surface area contributed by atoms with Gasteiger partial charge in [-0.2, -0.15) is 0 Å². The summed E-state index contributed by atoms with van der Waals surface area (Å²) in [6.45, 7) is 0.383. The number of benzene rings is 3. The molecular formula is C21H22IN3O2. The number of guanidine groups is 1. The Hall–Kier alpha value is -2.58. The third-order valence-electron chi connectivity index (χ3n) is 3.79. The van der Waals surface area contributed by atoms with Crippen molar-refractivity contribution in [2.45, 2.75) is 13.2 Å². The monoisotopic (exact) mass is 475 g/mol. The number of hydrogen-bond acceptors (Lipinski definition) is 3. The Morgan fingerprint density at radius 2 is 1.56 bits per heavy atom. The van der Waals surface area contributed by atoms with Crippen LogP contribution in [-0.2, 0) is 13.2 Å². The smallest absolute Gasteiger partial charge is 0.193 e. The second kappa shape index (κ2) is 10.5. The summed E-state index contributed by atoms with van der Waals surface area (Å²) in [6, 6.07) is 24.7. The molecule has 6 heteroatoms. The van der Waals surface area contributed by atoms with Gasteiger partial charge in [0, 0.05) is 11.8 Å². The molecule has 0 aliphatic carbocycles. The number of aliphatic hydroxyl groups is 1. The van der Waals surface area contributed by atoms with E-state index in [0.717, 1.165) is 22.6 Å². The lowest BCUT2D eigenvalue weighted by Gasteiger charge is -2.10. The van der Waals surface area contributed by atoms with Crippen molar-refractivity contribution in [2.24, 2.45) is 10.7 Å². The number of hydrogen-bond donors (Lipinski definition) is 3. The van der Waals surface area contributed by atoms with E-state index in [1.54, 1.807) is 0 Å². The van der Waals surface area contributed by atoms with Crippen LogP contribution < -0.4 is 15.8 Å². The summed E-state index contributed by atoms with van der Waals surface area (Å²) < 4.78 is 5.81. The van der Waals surface area contributed by atoms with Crippen LogP contribution in [0.3, 0.4) is 0 Å². The molecule has 0 unspecified atom stereocenters. The molecule has 27 heavy (non-hydrogen) atoms. The van der Waals surface area contributed by atoms with Crippen molar-refractivity contribution in [3.63, 3.8) is 0 Å². The summed E-state index contributed by atoms with van der Waals surface area (Å²) in [6.07, 6.45) is 0. The minimum Gasteiger partial charge on any atom is -0.457 e. The minimum atomic E-state index is -0.0160. The number of aliphatic hydroxyl groups excluding tert-OH is 1. The van der Waals surface area contributed by atoms with Gasteiger partial charge in [0.2, 0.25) is 0 Å². The van der Waals surface area contributed by atoms with E-state index < -0.39 is 0 Å². The fourth-order valence-electron chi connectivity index (χ4n) is 2.49. The molecule has 3 aromatic carbocycles. The number of rotatable bonds is 6. The Balaban J connectivity index is 0.00000261. The molecule has 0 aliphatic rings. The second-order valence-corrected chi connectivity index (χ2v) is 5.70. The van der Waals surface area contributed by atoms with Gasteiger partial charge < -0.3 is 20.9 Å². The fourth-order valence-corrected chi connectivity index (χ4v) is 2.49. The van der Waals surface area contributed by atoms with E-state index in [1.807, 2.05) is 78.9 Å². The van der Waals surface area contributed by atoms with E-state index in [2.05, 4.69) is 10.3 Å². The molecule has 0 saturated heterocycles. The van der Waals surface area contributed by atoms with Crippen molar-refractivity contribution in [2.75, 3.05) is 5.32 Å². The molecular weight excluding hydrogens is 453 g/mol. The molecule has 0 fully saturated rings. The van der Waals surface area contributed by atoms with E-state index in [4.69, 9.17) is 10.5 Å². The largest absolute Gasteiger partial charge is 0.457 e. The van der Waals surface area contributed by atoms with Crippen molar-refractivity contribution in [1.82, 2.24) is 0 Å². The Bertz CT molecular complexity index is 885. The van der Waals surface area contributed by atoms with Crippen LogP contribution >= 0.6 is 24.0 Å². The van der Waals surface area contributed by atoms with E-state index in [1.165, 1.54) is 0 Å². The summed E-state index contributed by atoms with van der Waals surface area (Å²) in [4.78, 5) is 4.34. The lowest BCUT2D eigenvalue weighted by Crippen LogP contribution is -2.22. The molecule has 5 nitrogen and oxygen atoms in total. The molecule has 0 atom stereocenters. The average Bonchev–Trinajstić information content (AvgIpc) is 2.67. The van der Waals surface area contributed by atoms with Gasteiger partial charge in [0.1, 0.15) is 11.5 Å². The molecule has 3 rings (SSSR count). The summed E-state index contributed by atoms with van der Waals surface area (Å²) in [5.74, 6) is 1.78. The Labute approximate surface area is 175 Å². The number of aliphatic imine (C=N–C) groups is 1. The van der Waals surface area contributed by atoms with Gasteiger partial charge in [0.15, 0.2) is 5.96 Å². The van der Waals surface area contributed by atoms with Crippen LogP contribution in [0, 0.1) is 0 Å². The van der Waals surface area contributed by atoms with Gasteiger partial charge in [-0.15, -0.1) is 24.0 Å². The summed E-state index contributed by atoms with van der Waals surface area (Å²) >= 11 is 0. The third-order valence-corrected chi connectivity index (χ3v) is 3.79. The highest BCUT2D eigenvalue weighted by Crippen LogP contribution is 2.23. The molecule has 0 bridgehead atoms. The summed E-state index contributed by atoms with van der Waals surface area (Å²) in [5, 5.41) is 12.4. The highest BCUT2D eigenvalue weighted by Gasteiger charge is 2.02. The quantitative estimate of drug-likeness (QED) is 0.278. The SMILES string of the molecule is I.NC(=NCc1ccccc1CO)Nc1cccc(Oc2ccccc2)c1. The number of nitrogens with two attached hydrogens (primary N) is 1. The highest BCUT2D eigenvalue weighted by molar-refractivity contribution is 14.0. The van der Waals surface area contributed by atoms with Gasteiger partial charge in [0.25, 0.3) is 0 Å². The predicted octanol–water partition coefficient (Wildman–Crippen LogP) is 4.52. The number of para-hydroxylation sites is 1. The molecule has 3 aromatic rings. The number of halogens is 1. The number of nitrogens with zero attached hydrogens (tertiary/aromatic N) is 1. The topological polar surface area (TPSA) is 79.9 Å². The molecule has 0 aliphatic heterocycles. The Morgan fingerprint density at radius 1 is 0.889 bits per heavy atom. The highest BCUT2D eigenvalue weighted by atomic mass is 127. The molecule has 140 valence electrons. The van der Waals surface area contributed by atoms with E-state index in [-0.39, 0.29) is 30.6 Å². The maximum Gasteiger partial charge on any atom is 0.193 e. The molecule has 0 heterocycles. The van der Waals surface area contributed by atoms with Gasteiger partial charge in [-0.05, 0) is 35.4 Å². The van der Waals surface area contributed by atoms with Crippen molar-refractivity contribution >= 4 is 35.6 Å². The van der Waals surface area contributed by atoms with E-state index in [9.17, 15) is 5.11 Å². The van der Waals surface area contributed by atoms with Crippen molar-refractivity contribution in [3.8, 4) is 11.5 Å². The lowest BCUT2D eigenvalue weighted by atomic mass is 10.1. The predicted molar refractivity (Wildman–Crippen MR) is 120 cm³/mol. The van der Waals surface area contributed by atoms with Crippen LogP contribution in [0.25, 0.3) is 0 Å². The van der Waals surface area contributed by atoms with Crippen molar-refractivity contribution in [3.05, 3.63) is 90.0 Å². The third kappa shape index (κ3) is 6.26. The van der Waals surface area contributed by atoms with Crippen LogP contribution in [-0.4, -0.2) is 11.1 Å². The van der Waals surface area contributed by atoms with Gasteiger partial charge in [-0.1, -0.05) is 48.5 Å². The second-order valence-electron chi connectivity index (χ2n) is 5.70. The van der Waals surface area contributed by atoms with E-state index in [0.29, 0.717) is 18.3 Å². The van der Waals surface area contributed by atoms with Crippen LogP contribution in [0.5, 0.6) is 11.5 Å². The van der Waals surface area contributed by atoms with Gasteiger partial charge in [0.05, 0.1) is 13.2 Å². The maximum atomic E-state index is 9.36. The average molecular weight is 475 g/mol. The van der Waals surface area contributed by atoms with Crippen molar-refractivity contribution in [1.29, 1.82) is 0 Å². The maximum absolute atomic E-state index is 9.36. The number of ether oxygens (including phenoxy) is 1. The fraction of sp³-hybridized carbons (Fsp3) is 0.0952. The van der Waals surface area contributed by atoms with Crippen molar-refractivity contribution < 1.29 is 9.84 Å². The molecule has 0 radical (unpaired) electrons. The number of anilines is 1. The standard InChI is InChI=1S/C21H21N3O2.HI/c22-21(23-14-16-7-4-5-8-17(16)15-25)24-18-9-6-12-20(13-18)26-19-10-2-1-3-11-19;/h1-13,25H,14-15H2,(H3,22,23,24);1H. The van der Waals surface area contributed by atoms with E-state index >= 15 is 0 Å². The van der Waals surface area contributed by atoms with Crippen LogP contribution in [0.15, 0.2) is 83.9 Å². The van der Waals surface area contributed by atoms with Crippen LogP contribution in [0.1, 0.15) is 11.1 Å². The molecule has 4 N–H and O–H groups in total. The summed E-state index contributed by atoms with van der Waals surface area (Å²) in [7, 11) is 0. The molecule has 0 amide bonds. The first-order chi connectivity index (χ1) is 12.7. The Kier molecular flexibility index (Phi) is 8.09. The van der Waals surface area contributed by atoms with Gasteiger partial charge in [-0.3, -0.25) is 0 Å². The first-order valence-corrected chi connectivity index (χ1v) is 8.32. The zero-order valence-electron chi connectivity index (χ0n) is 14.7. The number of nitrogens with one attached hydrogen (secondary N) is 1. The lowest BCUT2D eigenvalue weighted by molar-refractivity contribution is 0.280. The molecule has 0 aromatic heterocycles.